The molecule has 0 radical (unpaired) electrons. The smallest absolute Gasteiger partial charge is 0.387 e. The molecule has 8 nitrogen and oxygen atoms in total. The minimum absolute atomic E-state index is 0.0156. The fourth-order valence-corrected chi connectivity index (χ4v) is 2.64. The number of alkyl halides is 2. The van der Waals surface area contributed by atoms with Crippen molar-refractivity contribution in [3.8, 4) is 23.0 Å². The van der Waals surface area contributed by atoms with Crippen LogP contribution in [-0.2, 0) is 9.53 Å². The monoisotopic (exact) mass is 423 g/mol. The van der Waals surface area contributed by atoms with Crippen LogP contribution in [0.15, 0.2) is 42.5 Å². The van der Waals surface area contributed by atoms with Gasteiger partial charge in [0, 0.05) is 0 Å². The molecular formula is C20H19F2NO7. The van der Waals surface area contributed by atoms with Gasteiger partial charge >= 0.3 is 12.6 Å². The molecule has 1 unspecified atom stereocenters. The van der Waals surface area contributed by atoms with E-state index in [-0.39, 0.29) is 36.3 Å². The molecule has 0 saturated heterocycles. The quantitative estimate of drug-likeness (QED) is 0.652. The summed E-state index contributed by atoms with van der Waals surface area (Å²) in [6.45, 7) is -3.13. The lowest BCUT2D eigenvalue weighted by Gasteiger charge is -2.26. The number of hydrogen-bond acceptors (Lipinski definition) is 7. The zero-order chi connectivity index (χ0) is 21.5. The van der Waals surface area contributed by atoms with Gasteiger partial charge in [0.05, 0.1) is 19.2 Å². The van der Waals surface area contributed by atoms with Gasteiger partial charge in [-0.25, -0.2) is 4.79 Å². The van der Waals surface area contributed by atoms with Gasteiger partial charge in [-0.15, -0.1) is 0 Å². The van der Waals surface area contributed by atoms with Crippen molar-refractivity contribution in [2.45, 2.75) is 12.7 Å². The highest BCUT2D eigenvalue weighted by Gasteiger charge is 2.21. The molecule has 0 spiro atoms. The Bertz CT molecular complexity index is 906. The van der Waals surface area contributed by atoms with Crippen molar-refractivity contribution >= 4 is 11.9 Å². The van der Waals surface area contributed by atoms with Crippen LogP contribution in [0.4, 0.5) is 8.78 Å². The van der Waals surface area contributed by atoms with Gasteiger partial charge in [0.2, 0.25) is 0 Å². The molecule has 10 heteroatoms. The van der Waals surface area contributed by atoms with Gasteiger partial charge in [0.1, 0.15) is 12.7 Å². The SMILES string of the molecule is COc1cc(C(=O)OCC(=O)NCC2COc3ccccc3O2)ccc1OC(F)F. The van der Waals surface area contributed by atoms with Crippen LogP contribution in [-0.4, -0.2) is 51.5 Å². The van der Waals surface area contributed by atoms with Crippen LogP contribution in [0.1, 0.15) is 10.4 Å². The Morgan fingerprint density at radius 2 is 1.93 bits per heavy atom. The maximum atomic E-state index is 12.4. The number of esters is 1. The summed E-state index contributed by atoms with van der Waals surface area (Å²) in [4.78, 5) is 24.1. The third-order valence-electron chi connectivity index (χ3n) is 4.04. The maximum Gasteiger partial charge on any atom is 0.387 e. The summed E-state index contributed by atoms with van der Waals surface area (Å²) in [6, 6.07) is 10.7. The molecule has 3 rings (SSSR count). The van der Waals surface area contributed by atoms with E-state index < -0.39 is 25.1 Å². The fraction of sp³-hybridized carbons (Fsp3) is 0.300. The highest BCUT2D eigenvalue weighted by atomic mass is 19.3. The number of rotatable bonds is 8. The van der Waals surface area contributed by atoms with E-state index in [2.05, 4.69) is 10.1 Å². The number of carbonyl (C=O) groups is 2. The third kappa shape index (κ3) is 5.49. The minimum atomic E-state index is -3.03. The standard InChI is InChI=1S/C20H19F2NO7/c1-26-17-8-12(6-7-16(17)30-20(21)22)19(25)28-11-18(24)23-9-13-10-27-14-4-2-3-5-15(14)29-13/h2-8,13,20H,9-11H2,1H3,(H,23,24). The highest BCUT2D eigenvalue weighted by molar-refractivity contribution is 5.92. The van der Waals surface area contributed by atoms with Gasteiger partial charge in [0.25, 0.3) is 5.91 Å². The van der Waals surface area contributed by atoms with Crippen molar-refractivity contribution in [2.75, 3.05) is 26.9 Å². The fourth-order valence-electron chi connectivity index (χ4n) is 2.64. The summed E-state index contributed by atoms with van der Waals surface area (Å²) in [7, 11) is 1.24. The lowest BCUT2D eigenvalue weighted by Crippen LogP contribution is -2.42. The molecule has 1 heterocycles. The van der Waals surface area contributed by atoms with Crippen molar-refractivity contribution in [3.05, 3.63) is 48.0 Å². The molecule has 1 atom stereocenters. The Hall–Kier alpha value is -3.56. The molecule has 1 aliphatic heterocycles. The lowest BCUT2D eigenvalue weighted by atomic mass is 10.2. The summed E-state index contributed by atoms with van der Waals surface area (Å²) >= 11 is 0. The van der Waals surface area contributed by atoms with Gasteiger partial charge in [0.15, 0.2) is 29.6 Å². The second-order valence-corrected chi connectivity index (χ2v) is 6.12. The van der Waals surface area contributed by atoms with E-state index in [1.54, 1.807) is 12.1 Å². The van der Waals surface area contributed by atoms with Crippen LogP contribution < -0.4 is 24.3 Å². The largest absolute Gasteiger partial charge is 0.493 e. The molecule has 1 aliphatic rings. The van der Waals surface area contributed by atoms with Gasteiger partial charge in [-0.3, -0.25) is 4.79 Å². The first-order valence-corrected chi connectivity index (χ1v) is 8.91. The normalized spacial score (nSPS) is 14.7. The average Bonchev–Trinajstić information content (AvgIpc) is 2.75. The van der Waals surface area contributed by atoms with Gasteiger partial charge in [-0.2, -0.15) is 8.78 Å². The number of carbonyl (C=O) groups excluding carboxylic acids is 2. The number of para-hydroxylation sites is 2. The lowest BCUT2D eigenvalue weighted by molar-refractivity contribution is -0.124. The molecular weight excluding hydrogens is 404 g/mol. The first-order chi connectivity index (χ1) is 14.5. The Kier molecular flexibility index (Phi) is 6.89. The summed E-state index contributed by atoms with van der Waals surface area (Å²) in [5, 5.41) is 2.59. The molecule has 160 valence electrons. The predicted molar refractivity (Wildman–Crippen MR) is 99.3 cm³/mol. The first-order valence-electron chi connectivity index (χ1n) is 8.91. The van der Waals surface area contributed by atoms with E-state index in [9.17, 15) is 18.4 Å². The van der Waals surface area contributed by atoms with E-state index in [0.29, 0.717) is 11.5 Å². The molecule has 0 bridgehead atoms. The number of halogens is 2. The molecule has 0 aromatic heterocycles. The zero-order valence-electron chi connectivity index (χ0n) is 15.9. The molecule has 1 amide bonds. The van der Waals surface area contributed by atoms with Crippen LogP contribution in [0.3, 0.4) is 0 Å². The average molecular weight is 423 g/mol. The number of nitrogens with one attached hydrogen (secondary N) is 1. The highest BCUT2D eigenvalue weighted by Crippen LogP contribution is 2.31. The molecule has 2 aromatic rings. The van der Waals surface area contributed by atoms with E-state index in [4.69, 9.17) is 18.9 Å². The molecule has 0 fully saturated rings. The summed E-state index contributed by atoms with van der Waals surface area (Å²) in [5.74, 6) is -0.423. The van der Waals surface area contributed by atoms with Crippen molar-refractivity contribution in [1.29, 1.82) is 0 Å². The Labute approximate surface area is 170 Å². The number of amides is 1. The van der Waals surface area contributed by atoms with E-state index in [1.807, 2.05) is 12.1 Å². The third-order valence-corrected chi connectivity index (χ3v) is 4.04. The van der Waals surface area contributed by atoms with Crippen LogP contribution >= 0.6 is 0 Å². The predicted octanol–water partition coefficient (Wildman–Crippen LogP) is 2.41. The van der Waals surface area contributed by atoms with Crippen LogP contribution in [0.5, 0.6) is 23.0 Å². The molecule has 0 saturated carbocycles. The maximum absolute atomic E-state index is 12.4. The molecule has 30 heavy (non-hydrogen) atoms. The van der Waals surface area contributed by atoms with Crippen LogP contribution in [0, 0.1) is 0 Å². The van der Waals surface area contributed by atoms with Crippen LogP contribution in [0.2, 0.25) is 0 Å². The molecule has 1 N–H and O–H groups in total. The van der Waals surface area contributed by atoms with Gasteiger partial charge in [-0.1, -0.05) is 12.1 Å². The molecule has 2 aromatic carbocycles. The van der Waals surface area contributed by atoms with Gasteiger partial charge < -0.3 is 29.0 Å². The van der Waals surface area contributed by atoms with Crippen LogP contribution in [0.25, 0.3) is 0 Å². The van der Waals surface area contributed by atoms with Gasteiger partial charge in [-0.05, 0) is 30.3 Å². The summed E-state index contributed by atoms with van der Waals surface area (Å²) in [5.41, 5.74) is 0.0156. The van der Waals surface area contributed by atoms with Crippen molar-refractivity contribution in [1.82, 2.24) is 5.32 Å². The van der Waals surface area contributed by atoms with E-state index in [1.165, 1.54) is 19.2 Å². The van der Waals surface area contributed by atoms with Crippen molar-refractivity contribution in [3.63, 3.8) is 0 Å². The van der Waals surface area contributed by atoms with E-state index in [0.717, 1.165) is 6.07 Å². The summed E-state index contributed by atoms with van der Waals surface area (Å²) < 4.78 is 50.1. The number of benzene rings is 2. The minimum Gasteiger partial charge on any atom is -0.493 e. The second-order valence-electron chi connectivity index (χ2n) is 6.12. The number of hydrogen-bond donors (Lipinski definition) is 1. The Balaban J connectivity index is 1.46. The zero-order valence-corrected chi connectivity index (χ0v) is 15.9. The molecule has 0 aliphatic carbocycles. The van der Waals surface area contributed by atoms with E-state index >= 15 is 0 Å². The summed E-state index contributed by atoms with van der Waals surface area (Å²) in [6.07, 6.45) is -0.383. The number of fused-ring (bicyclic) bond motifs is 1. The Morgan fingerprint density at radius 1 is 1.17 bits per heavy atom. The number of methoxy groups -OCH3 is 1. The van der Waals surface area contributed by atoms with Crippen molar-refractivity contribution < 1.29 is 42.1 Å². The number of ether oxygens (including phenoxy) is 5. The topological polar surface area (TPSA) is 92.3 Å². The first kappa shape index (κ1) is 21.2. The Morgan fingerprint density at radius 3 is 2.67 bits per heavy atom. The second kappa shape index (κ2) is 9.77. The van der Waals surface area contributed by atoms with Crippen molar-refractivity contribution in [2.24, 2.45) is 0 Å².